The van der Waals surface area contributed by atoms with Crippen LogP contribution in [-0.4, -0.2) is 24.6 Å². The summed E-state index contributed by atoms with van der Waals surface area (Å²) in [6.07, 6.45) is 4.87. The zero-order valence-corrected chi connectivity index (χ0v) is 16.8. The van der Waals surface area contributed by atoms with Crippen LogP contribution >= 0.6 is 0 Å². The summed E-state index contributed by atoms with van der Waals surface area (Å²) in [7, 11) is 1.33. The van der Waals surface area contributed by atoms with Gasteiger partial charge in [0, 0.05) is 17.2 Å². The van der Waals surface area contributed by atoms with Crippen molar-refractivity contribution in [1.29, 1.82) is 0 Å². The van der Waals surface area contributed by atoms with Crippen LogP contribution in [0.4, 0.5) is 10.1 Å². The summed E-state index contributed by atoms with van der Waals surface area (Å²) in [5.74, 6) is -0.735. The number of methoxy groups -OCH3 is 1. The second-order valence-corrected chi connectivity index (χ2v) is 7.54. The normalized spacial score (nSPS) is 19.3. The monoisotopic (exact) mass is 405 g/mol. The molecule has 2 heterocycles. The molecule has 6 heteroatoms. The highest BCUT2D eigenvalue weighted by Gasteiger charge is 2.38. The molecule has 0 fully saturated rings. The van der Waals surface area contributed by atoms with E-state index in [1.807, 2.05) is 44.2 Å². The summed E-state index contributed by atoms with van der Waals surface area (Å²) in [5.41, 5.74) is 3.36. The number of anilines is 1. The fourth-order valence-electron chi connectivity index (χ4n) is 3.65. The van der Waals surface area contributed by atoms with Crippen LogP contribution in [-0.2, 0) is 19.1 Å². The summed E-state index contributed by atoms with van der Waals surface area (Å²) in [6, 6.07) is 11.8. The zero-order chi connectivity index (χ0) is 21.5. The Morgan fingerprint density at radius 1 is 1.20 bits per heavy atom. The van der Waals surface area contributed by atoms with Crippen molar-refractivity contribution in [2.75, 3.05) is 12.4 Å². The number of hydrogen-bond donors (Lipinski definition) is 1. The summed E-state index contributed by atoms with van der Waals surface area (Å²) >= 11 is 0. The fraction of sp³-hybridized carbons (Fsp3) is 0.167. The van der Waals surface area contributed by atoms with Crippen molar-refractivity contribution in [2.24, 2.45) is 0 Å². The molecular weight excluding hydrogens is 385 g/mol. The van der Waals surface area contributed by atoms with E-state index in [1.54, 1.807) is 12.1 Å². The van der Waals surface area contributed by atoms with Crippen molar-refractivity contribution in [2.45, 2.75) is 19.4 Å². The van der Waals surface area contributed by atoms with Gasteiger partial charge in [0.25, 0.3) is 5.91 Å². The van der Waals surface area contributed by atoms with E-state index < -0.39 is 17.4 Å². The highest BCUT2D eigenvalue weighted by molar-refractivity contribution is 6.32. The van der Waals surface area contributed by atoms with Gasteiger partial charge in [0.1, 0.15) is 17.2 Å². The molecule has 2 aliphatic rings. The maximum atomic E-state index is 13.5. The Bertz CT molecular complexity index is 1160. The Morgan fingerprint density at radius 3 is 2.77 bits per heavy atom. The molecule has 0 spiro atoms. The Kier molecular flexibility index (Phi) is 4.78. The lowest BCUT2D eigenvalue weighted by Gasteiger charge is -2.23. The van der Waals surface area contributed by atoms with Crippen LogP contribution in [0, 0.1) is 5.82 Å². The minimum absolute atomic E-state index is 0.325. The van der Waals surface area contributed by atoms with E-state index in [-0.39, 0.29) is 5.91 Å². The van der Waals surface area contributed by atoms with Crippen molar-refractivity contribution >= 4 is 34.8 Å². The first-order chi connectivity index (χ1) is 14.3. The molecule has 0 unspecified atom stereocenters. The summed E-state index contributed by atoms with van der Waals surface area (Å²) < 4.78 is 24.3. The minimum atomic E-state index is -0.684. The van der Waals surface area contributed by atoms with E-state index in [1.165, 1.54) is 25.3 Å². The molecule has 152 valence electrons. The van der Waals surface area contributed by atoms with Gasteiger partial charge in [0.15, 0.2) is 0 Å². The Morgan fingerprint density at radius 2 is 2.00 bits per heavy atom. The molecule has 0 atom stereocenters. The summed E-state index contributed by atoms with van der Waals surface area (Å²) in [4.78, 5) is 23.9. The quantitative estimate of drug-likeness (QED) is 0.600. The van der Waals surface area contributed by atoms with Crippen molar-refractivity contribution in [1.82, 2.24) is 0 Å². The lowest BCUT2D eigenvalue weighted by molar-refractivity contribution is -0.134. The first-order valence-electron chi connectivity index (χ1n) is 9.42. The van der Waals surface area contributed by atoms with E-state index in [0.29, 0.717) is 22.6 Å². The molecule has 2 aromatic rings. The van der Waals surface area contributed by atoms with Crippen LogP contribution in [0.3, 0.4) is 0 Å². The number of ether oxygens (including phenoxy) is 2. The molecule has 0 saturated carbocycles. The lowest BCUT2D eigenvalue weighted by Crippen LogP contribution is -2.21. The standard InChI is InChI=1S/C24H20FNO4/c1-24(2)18(15-6-4-5-14(11-15)7-10-21(27)29-3)13-20(30-24)22-17-9-8-16(25)12-19(17)26-23(22)28/h4-13H,1-3H3,(H,26,28)/b10-7+,22-20+. The Hall–Kier alpha value is -3.67. The van der Waals surface area contributed by atoms with E-state index in [4.69, 9.17) is 4.74 Å². The number of esters is 1. The van der Waals surface area contributed by atoms with Gasteiger partial charge in [-0.05, 0) is 61.4 Å². The van der Waals surface area contributed by atoms with Gasteiger partial charge < -0.3 is 14.8 Å². The first-order valence-corrected chi connectivity index (χ1v) is 9.42. The van der Waals surface area contributed by atoms with E-state index in [9.17, 15) is 14.0 Å². The van der Waals surface area contributed by atoms with Crippen LogP contribution in [0.2, 0.25) is 0 Å². The van der Waals surface area contributed by atoms with E-state index in [0.717, 1.165) is 16.7 Å². The van der Waals surface area contributed by atoms with Gasteiger partial charge in [-0.2, -0.15) is 0 Å². The van der Waals surface area contributed by atoms with Gasteiger partial charge >= 0.3 is 5.97 Å². The number of rotatable bonds is 3. The van der Waals surface area contributed by atoms with Crippen LogP contribution in [0.5, 0.6) is 0 Å². The van der Waals surface area contributed by atoms with Crippen LogP contribution < -0.4 is 5.32 Å². The van der Waals surface area contributed by atoms with Gasteiger partial charge in [-0.15, -0.1) is 0 Å². The maximum absolute atomic E-state index is 13.5. The van der Waals surface area contributed by atoms with Gasteiger partial charge in [-0.3, -0.25) is 4.79 Å². The number of fused-ring (bicyclic) bond motifs is 1. The molecule has 0 bridgehead atoms. The van der Waals surface area contributed by atoms with Crippen LogP contribution in [0.1, 0.15) is 30.5 Å². The van der Waals surface area contributed by atoms with Crippen molar-refractivity contribution in [3.63, 3.8) is 0 Å². The zero-order valence-electron chi connectivity index (χ0n) is 16.8. The summed E-state index contributed by atoms with van der Waals surface area (Å²) in [5, 5.41) is 2.69. The number of nitrogens with one attached hydrogen (secondary N) is 1. The summed E-state index contributed by atoms with van der Waals surface area (Å²) in [6.45, 7) is 3.84. The molecule has 30 heavy (non-hydrogen) atoms. The van der Waals surface area contributed by atoms with Gasteiger partial charge in [0.2, 0.25) is 0 Å². The molecule has 4 rings (SSSR count). The average Bonchev–Trinajstić information content (AvgIpc) is 3.20. The third-order valence-corrected chi connectivity index (χ3v) is 5.07. The molecule has 2 aliphatic heterocycles. The van der Waals surface area contributed by atoms with E-state index in [2.05, 4.69) is 10.1 Å². The Balaban J connectivity index is 1.77. The number of benzene rings is 2. The van der Waals surface area contributed by atoms with Crippen LogP contribution in [0.15, 0.2) is 60.4 Å². The number of allylic oxidation sites excluding steroid dienone is 1. The highest BCUT2D eigenvalue weighted by Crippen LogP contribution is 2.44. The fourth-order valence-corrected chi connectivity index (χ4v) is 3.65. The maximum Gasteiger partial charge on any atom is 0.330 e. The van der Waals surface area contributed by atoms with Crippen molar-refractivity contribution in [3.05, 3.63) is 82.9 Å². The lowest BCUT2D eigenvalue weighted by atomic mass is 9.91. The molecular formula is C24H20FNO4. The number of hydrogen-bond acceptors (Lipinski definition) is 4. The van der Waals surface area contributed by atoms with Gasteiger partial charge in [-0.1, -0.05) is 18.2 Å². The number of carbonyl (C=O) groups excluding carboxylic acids is 2. The average molecular weight is 405 g/mol. The smallest absolute Gasteiger partial charge is 0.330 e. The second kappa shape index (κ2) is 7.30. The van der Waals surface area contributed by atoms with Gasteiger partial charge in [0.05, 0.1) is 18.4 Å². The highest BCUT2D eigenvalue weighted by atomic mass is 19.1. The van der Waals surface area contributed by atoms with E-state index >= 15 is 0 Å². The molecule has 0 aromatic heterocycles. The molecule has 5 nitrogen and oxygen atoms in total. The topological polar surface area (TPSA) is 64.6 Å². The van der Waals surface area contributed by atoms with Crippen molar-refractivity contribution in [3.8, 4) is 0 Å². The van der Waals surface area contributed by atoms with Crippen molar-refractivity contribution < 1.29 is 23.5 Å². The predicted octanol–water partition coefficient (Wildman–Crippen LogP) is 4.57. The molecule has 2 aromatic carbocycles. The number of carbonyl (C=O) groups is 2. The predicted molar refractivity (Wildman–Crippen MR) is 113 cm³/mol. The number of halogens is 1. The molecule has 1 amide bonds. The van der Waals surface area contributed by atoms with Crippen LogP contribution in [0.25, 0.3) is 17.2 Å². The largest absolute Gasteiger partial charge is 0.482 e. The third kappa shape index (κ3) is 3.52. The third-order valence-electron chi connectivity index (χ3n) is 5.07. The molecule has 0 saturated heterocycles. The number of amides is 1. The minimum Gasteiger partial charge on any atom is -0.482 e. The molecule has 0 radical (unpaired) electrons. The Labute approximate surface area is 173 Å². The van der Waals surface area contributed by atoms with Gasteiger partial charge in [-0.25, -0.2) is 9.18 Å². The molecule has 0 aliphatic carbocycles. The SMILES string of the molecule is COC(=O)/C=C/c1cccc(C2=C/C(=C3\C(=O)Nc4cc(F)ccc43)OC2(C)C)c1. The second-order valence-electron chi connectivity index (χ2n) is 7.54. The molecule has 1 N–H and O–H groups in total. The first kappa shape index (κ1) is 19.6.